The summed E-state index contributed by atoms with van der Waals surface area (Å²) in [5.41, 5.74) is 9.83. The number of anilines is 4. The Kier molecular flexibility index (Phi) is 5.40. The summed E-state index contributed by atoms with van der Waals surface area (Å²) in [6.07, 6.45) is 1.93. The van der Waals surface area contributed by atoms with Crippen LogP contribution in [0.3, 0.4) is 0 Å². The summed E-state index contributed by atoms with van der Waals surface area (Å²) in [6, 6.07) is 20.3. The summed E-state index contributed by atoms with van der Waals surface area (Å²) >= 11 is 3.65. The Hall–Kier alpha value is -3.23. The van der Waals surface area contributed by atoms with Gasteiger partial charge in [0.05, 0.1) is 27.4 Å². The summed E-state index contributed by atoms with van der Waals surface area (Å²) in [5.74, 6) is 1.94. The van der Waals surface area contributed by atoms with Gasteiger partial charge < -0.3 is 16.0 Å². The van der Waals surface area contributed by atoms with E-state index in [1.807, 2.05) is 52.6 Å². The average Bonchev–Trinajstić information content (AvgIpc) is 2.84. The molecule has 0 atom stereocenters. The molecule has 5 rings (SSSR count). The minimum absolute atomic E-state index is 0.234. The van der Waals surface area contributed by atoms with E-state index in [1.165, 1.54) is 0 Å². The van der Waals surface area contributed by atoms with E-state index in [-0.39, 0.29) is 5.95 Å². The number of nitrogens with one attached hydrogen (secondary N) is 1. The number of hydrogen-bond acceptors (Lipinski definition) is 7. The fourth-order valence-electron chi connectivity index (χ4n) is 3.78. The fraction of sp³-hybridized carbons (Fsp3) is 0.174. The molecule has 0 radical (unpaired) electrons. The normalized spacial score (nSPS) is 14.0. The zero-order chi connectivity index (χ0) is 21.2. The van der Waals surface area contributed by atoms with Crippen LogP contribution in [-0.2, 0) is 0 Å². The number of nitrogens with zero attached hydrogens (tertiary/aromatic N) is 5. The molecular formula is C23H22BrN7. The van der Waals surface area contributed by atoms with Gasteiger partial charge in [-0.3, -0.25) is 3.93 Å². The standard InChI is InChI=1S/C23H22BrN7/c24-31(18-4-2-1-3-5-18)22-19-14-16(6-8-20(19)28-23(25)29-22)17-7-9-21(27-15-17)30-12-10-26-11-13-30/h1-9,14-15,26H,10-13H2,(H2,25,28,29). The van der Waals surface area contributed by atoms with Crippen LogP contribution in [-0.4, -0.2) is 41.1 Å². The number of aromatic nitrogens is 3. The second-order valence-electron chi connectivity index (χ2n) is 7.40. The molecule has 7 nitrogen and oxygen atoms in total. The van der Waals surface area contributed by atoms with Crippen molar-refractivity contribution in [2.24, 2.45) is 0 Å². The largest absolute Gasteiger partial charge is 0.368 e. The smallest absolute Gasteiger partial charge is 0.222 e. The lowest BCUT2D eigenvalue weighted by atomic mass is 10.0. The van der Waals surface area contributed by atoms with Crippen LogP contribution in [0.25, 0.3) is 22.0 Å². The van der Waals surface area contributed by atoms with Gasteiger partial charge in [0.15, 0.2) is 5.82 Å². The molecule has 0 saturated carbocycles. The van der Waals surface area contributed by atoms with E-state index < -0.39 is 0 Å². The number of nitrogen functional groups attached to an aromatic ring is 1. The Morgan fingerprint density at radius 1 is 0.935 bits per heavy atom. The van der Waals surface area contributed by atoms with Crippen LogP contribution in [0.15, 0.2) is 66.9 Å². The fourth-order valence-corrected chi connectivity index (χ4v) is 4.28. The highest BCUT2D eigenvalue weighted by atomic mass is 79.9. The van der Waals surface area contributed by atoms with Crippen molar-refractivity contribution in [2.75, 3.05) is 40.7 Å². The van der Waals surface area contributed by atoms with E-state index >= 15 is 0 Å². The van der Waals surface area contributed by atoms with Crippen molar-refractivity contribution in [2.45, 2.75) is 0 Å². The predicted octanol–water partition coefficient (Wildman–Crippen LogP) is 4.13. The van der Waals surface area contributed by atoms with Crippen LogP contribution in [0.4, 0.5) is 23.3 Å². The van der Waals surface area contributed by atoms with Gasteiger partial charge in [-0.1, -0.05) is 24.3 Å². The molecule has 156 valence electrons. The van der Waals surface area contributed by atoms with Crippen molar-refractivity contribution in [3.8, 4) is 11.1 Å². The van der Waals surface area contributed by atoms with Crippen LogP contribution < -0.4 is 19.9 Å². The van der Waals surface area contributed by atoms with Crippen molar-refractivity contribution < 1.29 is 0 Å². The van der Waals surface area contributed by atoms with Gasteiger partial charge in [0.1, 0.15) is 5.82 Å². The second kappa shape index (κ2) is 8.49. The molecular weight excluding hydrogens is 454 g/mol. The predicted molar refractivity (Wildman–Crippen MR) is 130 cm³/mol. The molecule has 31 heavy (non-hydrogen) atoms. The van der Waals surface area contributed by atoms with E-state index in [0.29, 0.717) is 5.82 Å². The van der Waals surface area contributed by atoms with Gasteiger partial charge in [-0.15, -0.1) is 0 Å². The number of piperazine rings is 1. The zero-order valence-electron chi connectivity index (χ0n) is 16.9. The quantitative estimate of drug-likeness (QED) is 0.429. The van der Waals surface area contributed by atoms with Gasteiger partial charge in [0.25, 0.3) is 0 Å². The van der Waals surface area contributed by atoms with Crippen molar-refractivity contribution in [3.05, 3.63) is 66.9 Å². The zero-order valence-corrected chi connectivity index (χ0v) is 18.5. The monoisotopic (exact) mass is 475 g/mol. The van der Waals surface area contributed by atoms with Crippen molar-refractivity contribution in [1.82, 2.24) is 20.3 Å². The third kappa shape index (κ3) is 4.04. The molecule has 2 aromatic carbocycles. The topological polar surface area (TPSA) is 83.2 Å². The molecule has 1 fully saturated rings. The van der Waals surface area contributed by atoms with Gasteiger partial charge in [0.2, 0.25) is 5.95 Å². The number of benzene rings is 2. The molecule has 0 bridgehead atoms. The first-order valence-corrected chi connectivity index (χ1v) is 10.9. The Labute approximate surface area is 189 Å². The molecule has 3 N–H and O–H groups in total. The number of fused-ring (bicyclic) bond motifs is 1. The lowest BCUT2D eigenvalue weighted by molar-refractivity contribution is 0.585. The first-order chi connectivity index (χ1) is 15.2. The molecule has 1 aliphatic rings. The number of pyridine rings is 1. The van der Waals surface area contributed by atoms with E-state index in [2.05, 4.69) is 54.5 Å². The molecule has 1 aliphatic heterocycles. The van der Waals surface area contributed by atoms with Crippen LogP contribution >= 0.6 is 16.1 Å². The first-order valence-electron chi connectivity index (χ1n) is 10.2. The SMILES string of the molecule is Nc1nc(N(Br)c2ccccc2)c2cc(-c3ccc(N4CCNCC4)nc3)ccc2n1. The Morgan fingerprint density at radius 3 is 2.45 bits per heavy atom. The van der Waals surface area contributed by atoms with Crippen LogP contribution in [0.2, 0.25) is 0 Å². The lowest BCUT2D eigenvalue weighted by Crippen LogP contribution is -2.43. The molecule has 2 aromatic heterocycles. The second-order valence-corrected chi connectivity index (χ2v) is 8.11. The van der Waals surface area contributed by atoms with E-state index in [4.69, 9.17) is 10.7 Å². The Balaban J connectivity index is 1.53. The third-order valence-electron chi connectivity index (χ3n) is 5.38. The minimum Gasteiger partial charge on any atom is -0.368 e. The maximum absolute atomic E-state index is 5.99. The molecule has 4 aromatic rings. The molecule has 0 spiro atoms. The molecule has 0 amide bonds. The molecule has 8 heteroatoms. The molecule has 3 heterocycles. The molecule has 0 unspecified atom stereocenters. The number of nitrogens with two attached hydrogens (primary N) is 1. The van der Waals surface area contributed by atoms with Gasteiger partial charge >= 0.3 is 0 Å². The highest BCUT2D eigenvalue weighted by molar-refractivity contribution is 9.10. The van der Waals surface area contributed by atoms with Crippen molar-refractivity contribution >= 4 is 50.3 Å². The van der Waals surface area contributed by atoms with Crippen LogP contribution in [0.1, 0.15) is 0 Å². The van der Waals surface area contributed by atoms with Gasteiger partial charge in [-0.25, -0.2) is 9.97 Å². The van der Waals surface area contributed by atoms with Crippen LogP contribution in [0.5, 0.6) is 0 Å². The third-order valence-corrected chi connectivity index (χ3v) is 6.13. The number of rotatable bonds is 4. The van der Waals surface area contributed by atoms with Gasteiger partial charge in [0, 0.05) is 43.3 Å². The highest BCUT2D eigenvalue weighted by Crippen LogP contribution is 2.35. The van der Waals surface area contributed by atoms with E-state index in [1.54, 1.807) is 0 Å². The van der Waals surface area contributed by atoms with E-state index in [0.717, 1.165) is 59.7 Å². The van der Waals surface area contributed by atoms with Gasteiger partial charge in [-0.2, -0.15) is 4.98 Å². The number of halogens is 1. The Bertz CT molecular complexity index is 1190. The lowest BCUT2D eigenvalue weighted by Gasteiger charge is -2.28. The maximum Gasteiger partial charge on any atom is 0.222 e. The summed E-state index contributed by atoms with van der Waals surface area (Å²) in [7, 11) is 0. The summed E-state index contributed by atoms with van der Waals surface area (Å²) in [5, 5.41) is 4.27. The molecule has 0 aliphatic carbocycles. The highest BCUT2D eigenvalue weighted by Gasteiger charge is 2.16. The average molecular weight is 476 g/mol. The van der Waals surface area contributed by atoms with Crippen molar-refractivity contribution in [1.29, 1.82) is 0 Å². The van der Waals surface area contributed by atoms with E-state index in [9.17, 15) is 0 Å². The summed E-state index contributed by atoms with van der Waals surface area (Å²) in [4.78, 5) is 15.9. The Morgan fingerprint density at radius 2 is 1.71 bits per heavy atom. The number of hydrogen-bond donors (Lipinski definition) is 2. The first kappa shape index (κ1) is 19.7. The van der Waals surface area contributed by atoms with Crippen LogP contribution in [0, 0.1) is 0 Å². The van der Waals surface area contributed by atoms with Crippen molar-refractivity contribution in [3.63, 3.8) is 0 Å². The minimum atomic E-state index is 0.234. The maximum atomic E-state index is 5.99. The summed E-state index contributed by atoms with van der Waals surface area (Å²) < 4.78 is 1.85. The van der Waals surface area contributed by atoms with Gasteiger partial charge in [-0.05, 0) is 42.0 Å². The molecule has 1 saturated heterocycles. The number of para-hydroxylation sites is 1. The summed E-state index contributed by atoms with van der Waals surface area (Å²) in [6.45, 7) is 3.94.